The second kappa shape index (κ2) is 8.49. The van der Waals surface area contributed by atoms with Gasteiger partial charge in [-0.05, 0) is 66.7 Å². The summed E-state index contributed by atoms with van der Waals surface area (Å²) in [7, 11) is 0. The normalized spacial score (nSPS) is 15.5. The van der Waals surface area contributed by atoms with E-state index >= 15 is 0 Å². The number of nitrogens with zero attached hydrogens (tertiary/aromatic N) is 1. The largest absolute Gasteiger partial charge is 0.493 e. The monoisotopic (exact) mass is 450 g/mol. The summed E-state index contributed by atoms with van der Waals surface area (Å²) in [4.78, 5) is 27.4. The molecular formula is C24H19ClN2O3S. The highest BCUT2D eigenvalue weighted by molar-refractivity contribution is 7.80. The summed E-state index contributed by atoms with van der Waals surface area (Å²) >= 11 is 11.5. The lowest BCUT2D eigenvalue weighted by atomic mass is 9.99. The number of rotatable bonds is 4. The topological polar surface area (TPSA) is 58.6 Å². The van der Waals surface area contributed by atoms with Crippen LogP contribution in [0.4, 0.5) is 5.69 Å². The number of aryl methyl sites for hydroxylation is 1. The Morgan fingerprint density at radius 1 is 1.13 bits per heavy atom. The number of ether oxygens (including phenoxy) is 1. The van der Waals surface area contributed by atoms with Gasteiger partial charge in [0.25, 0.3) is 11.8 Å². The number of carbonyl (C=O) groups excluding carboxylic acids is 2. The number of amides is 2. The molecule has 0 aromatic heterocycles. The van der Waals surface area contributed by atoms with E-state index in [1.54, 1.807) is 24.3 Å². The number of thiocarbonyl (C=S) groups is 1. The number of nitrogens with one attached hydrogen (secondary N) is 1. The van der Waals surface area contributed by atoms with Gasteiger partial charge in [-0.25, -0.2) is 0 Å². The van der Waals surface area contributed by atoms with Crippen molar-refractivity contribution in [2.45, 2.75) is 13.8 Å². The van der Waals surface area contributed by atoms with Gasteiger partial charge >= 0.3 is 0 Å². The van der Waals surface area contributed by atoms with Crippen LogP contribution in [0.15, 0.2) is 60.2 Å². The van der Waals surface area contributed by atoms with Gasteiger partial charge in [0.2, 0.25) is 0 Å². The molecule has 1 aliphatic heterocycles. The Kier molecular flexibility index (Phi) is 5.76. The third kappa shape index (κ3) is 3.92. The standard InChI is InChI=1S/C24H19ClN2O3S/c1-3-30-21-11-9-15-6-4-5-7-17(15)18(21)13-19-22(28)26-24(31)27(23(19)29)16-10-8-14(2)20(25)12-16/h4-13H,3H2,1-2H3,(H,26,28,31)/b19-13+. The number of anilines is 1. The summed E-state index contributed by atoms with van der Waals surface area (Å²) in [5.74, 6) is -0.490. The molecule has 156 valence electrons. The minimum atomic E-state index is -0.556. The quantitative estimate of drug-likeness (QED) is 0.344. The number of hydrogen-bond donors (Lipinski definition) is 1. The summed E-state index contributed by atoms with van der Waals surface area (Å²) in [5, 5.41) is 4.97. The highest BCUT2D eigenvalue weighted by atomic mass is 35.5. The first kappa shape index (κ1) is 21.0. The van der Waals surface area contributed by atoms with E-state index in [0.29, 0.717) is 28.6 Å². The summed E-state index contributed by atoms with van der Waals surface area (Å²) in [5.41, 5.74) is 1.98. The first-order valence-electron chi connectivity index (χ1n) is 9.73. The van der Waals surface area contributed by atoms with Crippen LogP contribution in [0.2, 0.25) is 5.02 Å². The number of benzene rings is 3. The van der Waals surface area contributed by atoms with Crippen molar-refractivity contribution in [1.29, 1.82) is 0 Å². The van der Waals surface area contributed by atoms with Gasteiger partial charge in [0.05, 0.1) is 12.3 Å². The Bertz CT molecular complexity index is 1270. The maximum absolute atomic E-state index is 13.4. The summed E-state index contributed by atoms with van der Waals surface area (Å²) in [6, 6.07) is 16.7. The fraction of sp³-hybridized carbons (Fsp3) is 0.125. The Hall–Kier alpha value is -3.22. The highest BCUT2D eigenvalue weighted by Gasteiger charge is 2.35. The van der Waals surface area contributed by atoms with Gasteiger partial charge in [-0.2, -0.15) is 0 Å². The van der Waals surface area contributed by atoms with Gasteiger partial charge in [-0.15, -0.1) is 0 Å². The van der Waals surface area contributed by atoms with Crippen molar-refractivity contribution in [1.82, 2.24) is 5.32 Å². The third-order valence-electron chi connectivity index (χ3n) is 5.03. The molecule has 0 radical (unpaired) electrons. The van der Waals surface area contributed by atoms with Crippen LogP contribution >= 0.6 is 23.8 Å². The lowest BCUT2D eigenvalue weighted by molar-refractivity contribution is -0.122. The zero-order valence-corrected chi connectivity index (χ0v) is 18.5. The van der Waals surface area contributed by atoms with Crippen molar-refractivity contribution in [2.75, 3.05) is 11.5 Å². The lowest BCUT2D eigenvalue weighted by Gasteiger charge is -2.29. The molecule has 1 heterocycles. The van der Waals surface area contributed by atoms with Crippen molar-refractivity contribution in [3.05, 3.63) is 76.3 Å². The number of carbonyl (C=O) groups is 2. The minimum absolute atomic E-state index is 0.00928. The van der Waals surface area contributed by atoms with Crippen LogP contribution in [0.3, 0.4) is 0 Å². The van der Waals surface area contributed by atoms with Gasteiger partial charge in [0.15, 0.2) is 5.11 Å². The second-order valence-electron chi connectivity index (χ2n) is 7.02. The van der Waals surface area contributed by atoms with Gasteiger partial charge in [-0.1, -0.05) is 48.0 Å². The van der Waals surface area contributed by atoms with Crippen molar-refractivity contribution in [3.63, 3.8) is 0 Å². The Labute approximate surface area is 190 Å². The van der Waals surface area contributed by atoms with Gasteiger partial charge in [0, 0.05) is 10.6 Å². The smallest absolute Gasteiger partial charge is 0.270 e. The van der Waals surface area contributed by atoms with E-state index in [1.165, 1.54) is 4.90 Å². The van der Waals surface area contributed by atoms with Crippen molar-refractivity contribution >= 4 is 63.3 Å². The molecule has 3 aromatic carbocycles. The van der Waals surface area contributed by atoms with E-state index in [4.69, 9.17) is 28.6 Å². The SMILES string of the molecule is CCOc1ccc2ccccc2c1/C=C1\C(=O)NC(=S)N(c2ccc(C)c(Cl)c2)C1=O. The van der Waals surface area contributed by atoms with E-state index in [-0.39, 0.29) is 10.7 Å². The molecule has 0 spiro atoms. The average Bonchev–Trinajstić information content (AvgIpc) is 2.74. The first-order chi connectivity index (χ1) is 14.9. The molecule has 1 N–H and O–H groups in total. The second-order valence-corrected chi connectivity index (χ2v) is 7.82. The maximum atomic E-state index is 13.4. The van der Waals surface area contributed by atoms with Crippen molar-refractivity contribution < 1.29 is 14.3 Å². The predicted molar refractivity (Wildman–Crippen MR) is 128 cm³/mol. The molecule has 0 atom stereocenters. The molecule has 0 saturated carbocycles. The third-order valence-corrected chi connectivity index (χ3v) is 5.73. The Morgan fingerprint density at radius 3 is 2.65 bits per heavy atom. The molecule has 31 heavy (non-hydrogen) atoms. The van der Waals surface area contributed by atoms with Crippen molar-refractivity contribution in [2.24, 2.45) is 0 Å². The predicted octanol–water partition coefficient (Wildman–Crippen LogP) is 5.03. The van der Waals surface area contributed by atoms with Crippen molar-refractivity contribution in [3.8, 4) is 5.75 Å². The van der Waals surface area contributed by atoms with Crippen LogP contribution in [0.5, 0.6) is 5.75 Å². The lowest BCUT2D eigenvalue weighted by Crippen LogP contribution is -2.54. The number of halogens is 1. The molecule has 1 saturated heterocycles. The van der Waals surface area contributed by atoms with E-state index in [1.807, 2.05) is 50.2 Å². The number of fused-ring (bicyclic) bond motifs is 1. The molecule has 5 nitrogen and oxygen atoms in total. The molecule has 3 aromatic rings. The van der Waals surface area contributed by atoms with E-state index in [0.717, 1.165) is 16.3 Å². The summed E-state index contributed by atoms with van der Waals surface area (Å²) in [6.07, 6.45) is 1.57. The highest BCUT2D eigenvalue weighted by Crippen LogP contribution is 2.32. The zero-order valence-electron chi connectivity index (χ0n) is 16.9. The van der Waals surface area contributed by atoms with Crippen LogP contribution in [0.25, 0.3) is 16.8 Å². The molecule has 0 bridgehead atoms. The van der Waals surface area contributed by atoms with Crippen LogP contribution in [-0.4, -0.2) is 23.5 Å². The Balaban J connectivity index is 1.86. The molecule has 4 rings (SSSR count). The van der Waals surface area contributed by atoms with Crippen LogP contribution in [-0.2, 0) is 9.59 Å². The zero-order chi connectivity index (χ0) is 22.1. The molecule has 2 amide bonds. The Morgan fingerprint density at radius 2 is 1.90 bits per heavy atom. The number of hydrogen-bond acceptors (Lipinski definition) is 4. The molecular weight excluding hydrogens is 432 g/mol. The first-order valence-corrected chi connectivity index (χ1v) is 10.5. The fourth-order valence-electron chi connectivity index (χ4n) is 3.46. The fourth-order valence-corrected chi connectivity index (χ4v) is 3.92. The van der Waals surface area contributed by atoms with Gasteiger partial charge in [-0.3, -0.25) is 19.8 Å². The molecule has 1 fully saturated rings. The average molecular weight is 451 g/mol. The minimum Gasteiger partial charge on any atom is -0.493 e. The summed E-state index contributed by atoms with van der Waals surface area (Å²) in [6.45, 7) is 4.20. The van der Waals surface area contributed by atoms with E-state index < -0.39 is 11.8 Å². The van der Waals surface area contributed by atoms with Crippen LogP contribution < -0.4 is 15.0 Å². The van der Waals surface area contributed by atoms with Gasteiger partial charge < -0.3 is 4.74 Å². The van der Waals surface area contributed by atoms with Crippen LogP contribution in [0, 0.1) is 6.92 Å². The van der Waals surface area contributed by atoms with Crippen LogP contribution in [0.1, 0.15) is 18.1 Å². The van der Waals surface area contributed by atoms with E-state index in [9.17, 15) is 9.59 Å². The molecule has 0 aliphatic carbocycles. The van der Waals surface area contributed by atoms with Gasteiger partial charge in [0.1, 0.15) is 11.3 Å². The summed E-state index contributed by atoms with van der Waals surface area (Å²) < 4.78 is 5.77. The molecule has 1 aliphatic rings. The molecule has 0 unspecified atom stereocenters. The molecule has 7 heteroatoms. The maximum Gasteiger partial charge on any atom is 0.270 e. The van der Waals surface area contributed by atoms with E-state index in [2.05, 4.69) is 5.32 Å².